The molecule has 0 amide bonds. The Hall–Kier alpha value is -0.520. The van der Waals surface area contributed by atoms with Crippen molar-refractivity contribution in [2.24, 2.45) is 0 Å². The summed E-state index contributed by atoms with van der Waals surface area (Å²) in [5, 5.41) is 3.54. The maximum Gasteiger partial charge on any atom is 0.0604 e. The van der Waals surface area contributed by atoms with Gasteiger partial charge in [-0.1, -0.05) is 5.92 Å². The zero-order valence-electron chi connectivity index (χ0n) is 7.64. The molecular formula is C10H16N2. The van der Waals surface area contributed by atoms with Crippen molar-refractivity contribution >= 4 is 0 Å². The van der Waals surface area contributed by atoms with Crippen molar-refractivity contribution in [2.45, 2.75) is 31.8 Å². The number of fused-ring (bicyclic) bond motifs is 3. The van der Waals surface area contributed by atoms with Gasteiger partial charge in [-0.15, -0.1) is 5.92 Å². The number of hydrogen-bond donors (Lipinski definition) is 1. The van der Waals surface area contributed by atoms with E-state index in [1.807, 2.05) is 6.92 Å². The average Bonchev–Trinajstić information content (AvgIpc) is 2.17. The summed E-state index contributed by atoms with van der Waals surface area (Å²) in [6.07, 6.45) is 2.73. The van der Waals surface area contributed by atoms with Crippen LogP contribution in [-0.4, -0.2) is 36.6 Å². The third-order valence-corrected chi connectivity index (χ3v) is 2.92. The van der Waals surface area contributed by atoms with E-state index in [2.05, 4.69) is 22.1 Å². The molecule has 1 N–H and O–H groups in total. The molecule has 2 unspecified atom stereocenters. The molecule has 12 heavy (non-hydrogen) atoms. The van der Waals surface area contributed by atoms with Gasteiger partial charge in [-0.05, 0) is 19.8 Å². The predicted octanol–water partition coefficient (Wildman–Crippen LogP) is 0.446. The standard InChI is InChI=1S/C10H16N2/c1-2-3-6-12-8-9-4-5-10(12)7-11-9/h9-11H,4-8H2,1H3. The molecule has 2 bridgehead atoms. The summed E-state index contributed by atoms with van der Waals surface area (Å²) < 4.78 is 0. The fourth-order valence-electron chi connectivity index (χ4n) is 2.17. The van der Waals surface area contributed by atoms with E-state index in [0.717, 1.165) is 18.6 Å². The minimum Gasteiger partial charge on any atom is -0.311 e. The van der Waals surface area contributed by atoms with Crippen LogP contribution < -0.4 is 5.32 Å². The molecule has 3 rings (SSSR count). The lowest BCUT2D eigenvalue weighted by Gasteiger charge is -2.45. The van der Waals surface area contributed by atoms with E-state index in [1.54, 1.807) is 0 Å². The molecule has 0 aromatic rings. The summed E-state index contributed by atoms with van der Waals surface area (Å²) in [5.41, 5.74) is 0. The Morgan fingerprint density at radius 1 is 1.50 bits per heavy atom. The molecule has 66 valence electrons. The maximum absolute atomic E-state index is 3.54. The number of rotatable bonds is 1. The van der Waals surface area contributed by atoms with Gasteiger partial charge < -0.3 is 5.32 Å². The molecule has 3 heterocycles. The van der Waals surface area contributed by atoms with Gasteiger partial charge in [0.1, 0.15) is 0 Å². The van der Waals surface area contributed by atoms with E-state index in [1.165, 1.54) is 25.9 Å². The topological polar surface area (TPSA) is 15.3 Å². The van der Waals surface area contributed by atoms with Gasteiger partial charge in [-0.2, -0.15) is 0 Å². The molecule has 0 aliphatic carbocycles. The monoisotopic (exact) mass is 164 g/mol. The van der Waals surface area contributed by atoms with E-state index in [9.17, 15) is 0 Å². The normalized spacial score (nSPS) is 34.4. The van der Waals surface area contributed by atoms with E-state index in [4.69, 9.17) is 0 Å². The van der Waals surface area contributed by atoms with Crippen molar-refractivity contribution in [1.29, 1.82) is 0 Å². The van der Waals surface area contributed by atoms with E-state index >= 15 is 0 Å². The van der Waals surface area contributed by atoms with Crippen LogP contribution in [0.15, 0.2) is 0 Å². The lowest BCUT2D eigenvalue weighted by atomic mass is 9.93. The molecular weight excluding hydrogens is 148 g/mol. The van der Waals surface area contributed by atoms with Crippen LogP contribution in [0, 0.1) is 11.8 Å². The summed E-state index contributed by atoms with van der Waals surface area (Å²) >= 11 is 0. The molecule has 2 nitrogen and oxygen atoms in total. The second-order valence-electron chi connectivity index (χ2n) is 3.69. The summed E-state index contributed by atoms with van der Waals surface area (Å²) in [5.74, 6) is 6.11. The van der Waals surface area contributed by atoms with Crippen LogP contribution in [0.1, 0.15) is 19.8 Å². The zero-order valence-corrected chi connectivity index (χ0v) is 7.64. The molecule has 0 radical (unpaired) electrons. The van der Waals surface area contributed by atoms with E-state index in [0.29, 0.717) is 0 Å². The average molecular weight is 164 g/mol. The number of nitrogens with zero attached hydrogens (tertiary/aromatic N) is 1. The molecule has 0 saturated carbocycles. The second-order valence-corrected chi connectivity index (χ2v) is 3.69. The molecule has 3 aliphatic rings. The predicted molar refractivity (Wildman–Crippen MR) is 49.8 cm³/mol. The van der Waals surface area contributed by atoms with Crippen molar-refractivity contribution in [3.8, 4) is 11.8 Å². The van der Waals surface area contributed by atoms with E-state index < -0.39 is 0 Å². The molecule has 2 atom stereocenters. The van der Waals surface area contributed by atoms with Crippen molar-refractivity contribution in [3.63, 3.8) is 0 Å². The Bertz CT molecular complexity index is 206. The van der Waals surface area contributed by atoms with Crippen LogP contribution in [0.25, 0.3) is 0 Å². The Balaban J connectivity index is 1.93. The number of hydrogen-bond acceptors (Lipinski definition) is 2. The molecule has 0 aromatic heterocycles. The Kier molecular flexibility index (Phi) is 2.34. The van der Waals surface area contributed by atoms with Gasteiger partial charge in [0, 0.05) is 25.2 Å². The highest BCUT2D eigenvalue weighted by Gasteiger charge is 2.32. The van der Waals surface area contributed by atoms with Gasteiger partial charge in [0.05, 0.1) is 6.54 Å². The van der Waals surface area contributed by atoms with Gasteiger partial charge in [0.2, 0.25) is 0 Å². The minimum atomic E-state index is 0.744. The van der Waals surface area contributed by atoms with E-state index in [-0.39, 0.29) is 0 Å². The first kappa shape index (κ1) is 8.10. The first-order valence-corrected chi connectivity index (χ1v) is 4.77. The van der Waals surface area contributed by atoms with Crippen molar-refractivity contribution in [1.82, 2.24) is 10.2 Å². The molecule has 3 saturated heterocycles. The Morgan fingerprint density at radius 2 is 2.42 bits per heavy atom. The largest absolute Gasteiger partial charge is 0.311 e. The lowest BCUT2D eigenvalue weighted by Crippen LogP contribution is -2.60. The summed E-state index contributed by atoms with van der Waals surface area (Å²) in [6.45, 7) is 5.27. The summed E-state index contributed by atoms with van der Waals surface area (Å²) in [4.78, 5) is 2.52. The first-order valence-electron chi connectivity index (χ1n) is 4.77. The highest BCUT2D eigenvalue weighted by atomic mass is 15.2. The summed E-state index contributed by atoms with van der Waals surface area (Å²) in [7, 11) is 0. The fourth-order valence-corrected chi connectivity index (χ4v) is 2.17. The number of piperidine rings is 2. The van der Waals surface area contributed by atoms with Gasteiger partial charge in [0.25, 0.3) is 0 Å². The molecule has 3 fully saturated rings. The molecule has 0 aromatic carbocycles. The van der Waals surface area contributed by atoms with Gasteiger partial charge >= 0.3 is 0 Å². The zero-order chi connectivity index (χ0) is 8.39. The first-order chi connectivity index (χ1) is 5.90. The Labute approximate surface area is 74.3 Å². The third kappa shape index (κ3) is 1.48. The highest BCUT2D eigenvalue weighted by Crippen LogP contribution is 2.21. The second kappa shape index (κ2) is 3.47. The van der Waals surface area contributed by atoms with Gasteiger partial charge in [-0.25, -0.2) is 0 Å². The lowest BCUT2D eigenvalue weighted by molar-refractivity contribution is 0.0887. The SMILES string of the molecule is CC#CCN1CC2CCC1CN2. The van der Waals surface area contributed by atoms with Crippen LogP contribution in [0.4, 0.5) is 0 Å². The quantitative estimate of drug-likeness (QED) is 0.566. The summed E-state index contributed by atoms with van der Waals surface area (Å²) in [6, 6.07) is 1.50. The fraction of sp³-hybridized carbons (Fsp3) is 0.800. The molecule has 3 aliphatic heterocycles. The number of piperazine rings is 1. The van der Waals surface area contributed by atoms with Crippen molar-refractivity contribution in [3.05, 3.63) is 0 Å². The van der Waals surface area contributed by atoms with Crippen molar-refractivity contribution in [2.75, 3.05) is 19.6 Å². The van der Waals surface area contributed by atoms with Crippen LogP contribution in [0.3, 0.4) is 0 Å². The van der Waals surface area contributed by atoms with Crippen molar-refractivity contribution < 1.29 is 0 Å². The van der Waals surface area contributed by atoms with Crippen LogP contribution in [0.5, 0.6) is 0 Å². The smallest absolute Gasteiger partial charge is 0.0604 e. The number of nitrogens with one attached hydrogen (secondary N) is 1. The molecule has 2 heteroatoms. The van der Waals surface area contributed by atoms with Gasteiger partial charge in [0.15, 0.2) is 0 Å². The van der Waals surface area contributed by atoms with Crippen LogP contribution in [0.2, 0.25) is 0 Å². The maximum atomic E-state index is 3.54. The third-order valence-electron chi connectivity index (χ3n) is 2.92. The highest BCUT2D eigenvalue weighted by molar-refractivity contribution is 5.02. The van der Waals surface area contributed by atoms with Crippen LogP contribution >= 0.6 is 0 Å². The Morgan fingerprint density at radius 3 is 2.92 bits per heavy atom. The van der Waals surface area contributed by atoms with Gasteiger partial charge in [-0.3, -0.25) is 4.90 Å². The van der Waals surface area contributed by atoms with Crippen LogP contribution in [-0.2, 0) is 0 Å². The molecule has 0 spiro atoms. The minimum absolute atomic E-state index is 0.744.